The van der Waals surface area contributed by atoms with Crippen LogP contribution in [0.15, 0.2) is 76.4 Å². The van der Waals surface area contributed by atoms with Crippen LogP contribution in [0.1, 0.15) is 34.9 Å². The Morgan fingerprint density at radius 3 is 2.65 bits per heavy atom. The summed E-state index contributed by atoms with van der Waals surface area (Å²) < 4.78 is 5.57. The number of fused-ring (bicyclic) bond motifs is 5. The van der Waals surface area contributed by atoms with Gasteiger partial charge < -0.3 is 14.4 Å². The molecule has 37 heavy (non-hydrogen) atoms. The number of amidine groups is 1. The van der Waals surface area contributed by atoms with E-state index < -0.39 is 5.54 Å². The Kier molecular flexibility index (Phi) is 5.90. The minimum Gasteiger partial charge on any atom is -0.395 e. The van der Waals surface area contributed by atoms with Crippen LogP contribution in [0.3, 0.4) is 0 Å². The van der Waals surface area contributed by atoms with Crippen LogP contribution in [0.4, 0.5) is 0 Å². The quantitative estimate of drug-likeness (QED) is 0.365. The van der Waals surface area contributed by atoms with Crippen LogP contribution < -0.4 is 4.72 Å². The Morgan fingerprint density at radius 1 is 1.08 bits per heavy atom. The molecule has 0 aliphatic carbocycles. The average molecular weight is 511 g/mol. The Balaban J connectivity index is 1.57. The maximum atomic E-state index is 10.3. The van der Waals surface area contributed by atoms with Crippen LogP contribution in [0.5, 0.6) is 0 Å². The Bertz CT molecular complexity index is 1570. The Labute approximate surface area is 221 Å². The minimum absolute atomic E-state index is 0.00764. The smallest absolute Gasteiger partial charge is 0.158 e. The number of benzene rings is 2. The van der Waals surface area contributed by atoms with Gasteiger partial charge in [-0.1, -0.05) is 30.3 Å². The summed E-state index contributed by atoms with van der Waals surface area (Å²) in [6.45, 7) is 7.42. The number of aliphatic imine (C=N–C) groups is 1. The van der Waals surface area contributed by atoms with Crippen molar-refractivity contribution in [2.45, 2.75) is 37.8 Å². The van der Waals surface area contributed by atoms with Gasteiger partial charge in [-0.3, -0.25) is 9.88 Å². The number of hydrogen-bond acceptors (Lipinski definition) is 7. The molecule has 2 aliphatic rings. The van der Waals surface area contributed by atoms with Crippen molar-refractivity contribution in [2.75, 3.05) is 13.2 Å². The fourth-order valence-electron chi connectivity index (χ4n) is 5.78. The molecule has 0 radical (unpaired) electrons. The van der Waals surface area contributed by atoms with Gasteiger partial charge in [0.15, 0.2) is 5.65 Å². The van der Waals surface area contributed by atoms with E-state index in [1.165, 1.54) is 11.1 Å². The maximum absolute atomic E-state index is 10.3. The molecule has 2 aliphatic heterocycles. The third-order valence-electron chi connectivity index (χ3n) is 7.52. The lowest BCUT2D eigenvalue weighted by Crippen LogP contribution is -2.54. The number of hydrogen-bond donors (Lipinski definition) is 2. The molecule has 0 saturated carbocycles. The van der Waals surface area contributed by atoms with E-state index in [0.29, 0.717) is 13.1 Å². The van der Waals surface area contributed by atoms with Crippen molar-refractivity contribution >= 4 is 34.6 Å². The second kappa shape index (κ2) is 9.13. The molecule has 2 aromatic heterocycles. The summed E-state index contributed by atoms with van der Waals surface area (Å²) in [4.78, 5) is 18.3. The van der Waals surface area contributed by atoms with Crippen molar-refractivity contribution in [3.05, 3.63) is 94.4 Å². The molecular formula is C29H30N6OS. The van der Waals surface area contributed by atoms with Gasteiger partial charge in [-0.25, -0.2) is 9.98 Å². The minimum atomic E-state index is -0.683. The van der Waals surface area contributed by atoms with E-state index >= 15 is 0 Å². The SMILES string of the molecule is CC1=C(c2c(C)cccc2C)N=C2NSc3cccc(c3)C21N(CCO)Cc1cnc2ccn(C)c2n1. The highest BCUT2D eigenvalue weighted by molar-refractivity contribution is 7.98. The van der Waals surface area contributed by atoms with E-state index in [9.17, 15) is 5.11 Å². The number of aromatic nitrogens is 3. The third kappa shape index (κ3) is 3.70. The number of rotatable bonds is 6. The van der Waals surface area contributed by atoms with Crippen molar-refractivity contribution in [1.82, 2.24) is 24.2 Å². The second-order valence-electron chi connectivity index (χ2n) is 9.79. The topological polar surface area (TPSA) is 78.6 Å². The van der Waals surface area contributed by atoms with Crippen LogP contribution in [0, 0.1) is 13.8 Å². The first-order valence-electron chi connectivity index (χ1n) is 12.5. The van der Waals surface area contributed by atoms with E-state index in [1.807, 2.05) is 30.1 Å². The highest BCUT2D eigenvalue weighted by Gasteiger charge is 2.51. The molecule has 188 valence electrons. The zero-order valence-electron chi connectivity index (χ0n) is 21.5. The molecule has 1 atom stereocenters. The van der Waals surface area contributed by atoms with E-state index in [-0.39, 0.29) is 6.61 Å². The number of nitrogens with one attached hydrogen (secondary N) is 1. The maximum Gasteiger partial charge on any atom is 0.158 e. The average Bonchev–Trinajstić information content (AvgIpc) is 3.36. The molecule has 0 amide bonds. The predicted molar refractivity (Wildman–Crippen MR) is 149 cm³/mol. The highest BCUT2D eigenvalue weighted by atomic mass is 32.2. The molecule has 4 heterocycles. The number of aliphatic hydroxyl groups excluding tert-OH is 1. The van der Waals surface area contributed by atoms with Crippen molar-refractivity contribution in [3.63, 3.8) is 0 Å². The van der Waals surface area contributed by atoms with Gasteiger partial charge >= 0.3 is 0 Å². The molecule has 2 N–H and O–H groups in total. The first-order valence-corrected chi connectivity index (χ1v) is 13.3. The number of aliphatic hydroxyl groups is 1. The lowest BCUT2D eigenvalue weighted by molar-refractivity contribution is 0.127. The van der Waals surface area contributed by atoms with Crippen LogP contribution in [-0.2, 0) is 19.1 Å². The monoisotopic (exact) mass is 510 g/mol. The molecule has 7 nitrogen and oxygen atoms in total. The highest BCUT2D eigenvalue weighted by Crippen LogP contribution is 2.49. The standard InChI is InChI=1S/C29H30N6OS/c1-18-7-5-8-19(2)25(18)26-20(3)29(21-9-6-10-23(15-21)37-33-28(29)32-26)35(13-14-36)17-22-16-30-24-11-12-34(4)27(24)31-22/h5-12,15-16,36H,13-14,17H2,1-4H3,(H,32,33). The van der Waals surface area contributed by atoms with Crippen LogP contribution in [0.2, 0.25) is 0 Å². The van der Waals surface area contributed by atoms with E-state index in [0.717, 1.165) is 50.0 Å². The molecule has 1 unspecified atom stereocenters. The van der Waals surface area contributed by atoms with Crippen molar-refractivity contribution in [3.8, 4) is 0 Å². The molecule has 2 bridgehead atoms. The summed E-state index contributed by atoms with van der Waals surface area (Å²) >= 11 is 1.57. The van der Waals surface area contributed by atoms with Gasteiger partial charge in [0, 0.05) is 36.8 Å². The van der Waals surface area contributed by atoms with Gasteiger partial charge in [0.2, 0.25) is 0 Å². The summed E-state index contributed by atoms with van der Waals surface area (Å²) in [7, 11) is 1.98. The Morgan fingerprint density at radius 2 is 1.86 bits per heavy atom. The lowest BCUT2D eigenvalue weighted by Gasteiger charge is -2.42. The molecule has 0 spiro atoms. The summed E-state index contributed by atoms with van der Waals surface area (Å²) in [6.07, 6.45) is 3.82. The summed E-state index contributed by atoms with van der Waals surface area (Å²) in [5, 5.41) is 10.3. The molecule has 6 rings (SSSR count). The summed E-state index contributed by atoms with van der Waals surface area (Å²) in [6, 6.07) is 16.9. The van der Waals surface area contributed by atoms with Gasteiger partial charge in [-0.2, -0.15) is 0 Å². The molecule has 4 aromatic rings. The summed E-state index contributed by atoms with van der Waals surface area (Å²) in [5.74, 6) is 0.857. The fraction of sp³-hybridized carbons (Fsp3) is 0.276. The molecule has 2 aromatic carbocycles. The zero-order chi connectivity index (χ0) is 25.7. The molecule has 0 fully saturated rings. The van der Waals surface area contributed by atoms with Crippen LogP contribution in [-0.4, -0.2) is 43.5 Å². The second-order valence-corrected chi connectivity index (χ2v) is 10.7. The molecule has 0 saturated heterocycles. The fourth-order valence-corrected chi connectivity index (χ4v) is 6.52. The van der Waals surface area contributed by atoms with Gasteiger partial charge in [0.25, 0.3) is 0 Å². The predicted octanol–water partition coefficient (Wildman–Crippen LogP) is 4.73. The van der Waals surface area contributed by atoms with E-state index in [1.54, 1.807) is 11.9 Å². The first-order chi connectivity index (χ1) is 17.9. The normalized spacial score (nSPS) is 18.7. The Hall–Kier alpha value is -3.46. The van der Waals surface area contributed by atoms with Crippen molar-refractivity contribution in [1.29, 1.82) is 0 Å². The van der Waals surface area contributed by atoms with Gasteiger partial charge in [0.05, 0.1) is 24.2 Å². The third-order valence-corrected chi connectivity index (χ3v) is 8.30. The van der Waals surface area contributed by atoms with E-state index in [4.69, 9.17) is 9.98 Å². The summed E-state index contributed by atoms with van der Waals surface area (Å²) in [5.41, 5.74) is 8.68. The molecular weight excluding hydrogens is 480 g/mol. The van der Waals surface area contributed by atoms with Gasteiger partial charge in [0.1, 0.15) is 16.9 Å². The molecule has 8 heteroatoms. The van der Waals surface area contributed by atoms with Crippen LogP contribution >= 0.6 is 11.9 Å². The number of aryl methyl sites for hydroxylation is 3. The van der Waals surface area contributed by atoms with E-state index in [2.05, 4.69) is 77.8 Å². The lowest BCUT2D eigenvalue weighted by atomic mass is 9.79. The first kappa shape index (κ1) is 23.9. The van der Waals surface area contributed by atoms with Crippen molar-refractivity contribution < 1.29 is 5.11 Å². The largest absolute Gasteiger partial charge is 0.395 e. The van der Waals surface area contributed by atoms with Crippen molar-refractivity contribution in [2.24, 2.45) is 12.0 Å². The van der Waals surface area contributed by atoms with Crippen LogP contribution in [0.25, 0.3) is 16.9 Å². The number of nitrogens with zero attached hydrogens (tertiary/aromatic N) is 5. The van der Waals surface area contributed by atoms with Gasteiger partial charge in [-0.05, 0) is 73.2 Å². The van der Waals surface area contributed by atoms with Gasteiger partial charge in [-0.15, -0.1) is 0 Å². The zero-order valence-corrected chi connectivity index (χ0v) is 22.3.